The lowest BCUT2D eigenvalue weighted by Gasteiger charge is -2.33. The summed E-state index contributed by atoms with van der Waals surface area (Å²) in [5, 5.41) is 17.5. The monoisotopic (exact) mass is 411 g/mol. The second-order valence-corrected chi connectivity index (χ2v) is 9.00. The van der Waals surface area contributed by atoms with E-state index in [1.807, 2.05) is 50.6 Å². The molecule has 3 aromatic heterocycles. The van der Waals surface area contributed by atoms with E-state index >= 15 is 0 Å². The standard InChI is InChI=1S/C22H33N7O/c1-7-16(18(30)22(4,5)6)26-21-27-19(24-12-15-9-8-10-23-11-15)17-20(28-21)29(13-25-17)14(2)3/h8-11,13-14,16,18,30H,7,12H2,1-6H3,(H2,24,26,27,28). The number of hydrogen-bond acceptors (Lipinski definition) is 7. The van der Waals surface area contributed by atoms with Gasteiger partial charge in [0.25, 0.3) is 0 Å². The molecule has 0 fully saturated rings. The first-order valence-electron chi connectivity index (χ1n) is 10.5. The highest BCUT2D eigenvalue weighted by Gasteiger charge is 2.30. The van der Waals surface area contributed by atoms with Crippen molar-refractivity contribution in [2.75, 3.05) is 10.6 Å². The second-order valence-electron chi connectivity index (χ2n) is 9.00. The van der Waals surface area contributed by atoms with Crippen LogP contribution in [0.4, 0.5) is 11.8 Å². The molecule has 0 radical (unpaired) electrons. The van der Waals surface area contributed by atoms with Gasteiger partial charge in [-0.25, -0.2) is 4.98 Å². The van der Waals surface area contributed by atoms with Crippen LogP contribution in [0.5, 0.6) is 0 Å². The van der Waals surface area contributed by atoms with Crippen molar-refractivity contribution < 1.29 is 5.11 Å². The van der Waals surface area contributed by atoms with Gasteiger partial charge in [0.2, 0.25) is 5.95 Å². The third-order valence-corrected chi connectivity index (χ3v) is 5.18. The van der Waals surface area contributed by atoms with Crippen LogP contribution in [0.1, 0.15) is 59.6 Å². The fourth-order valence-electron chi connectivity index (χ4n) is 3.34. The molecule has 0 aliphatic rings. The van der Waals surface area contributed by atoms with Crippen LogP contribution < -0.4 is 10.6 Å². The van der Waals surface area contributed by atoms with Gasteiger partial charge in [-0.1, -0.05) is 33.8 Å². The van der Waals surface area contributed by atoms with E-state index in [4.69, 9.17) is 9.97 Å². The molecule has 0 saturated heterocycles. The molecule has 0 aliphatic heterocycles. The zero-order chi connectivity index (χ0) is 21.9. The summed E-state index contributed by atoms with van der Waals surface area (Å²) < 4.78 is 2.03. The van der Waals surface area contributed by atoms with Crippen molar-refractivity contribution in [3.63, 3.8) is 0 Å². The highest BCUT2D eigenvalue weighted by atomic mass is 16.3. The van der Waals surface area contributed by atoms with Gasteiger partial charge in [-0.05, 0) is 37.3 Å². The Labute approximate surface area is 178 Å². The summed E-state index contributed by atoms with van der Waals surface area (Å²) in [6.07, 6.45) is 5.59. The quantitative estimate of drug-likeness (QED) is 0.515. The van der Waals surface area contributed by atoms with Crippen LogP contribution in [0.15, 0.2) is 30.9 Å². The molecule has 8 nitrogen and oxygen atoms in total. The number of aromatic nitrogens is 5. The Morgan fingerprint density at radius 1 is 1.20 bits per heavy atom. The van der Waals surface area contributed by atoms with Crippen LogP contribution in [0, 0.1) is 5.41 Å². The third kappa shape index (κ3) is 4.87. The van der Waals surface area contributed by atoms with Gasteiger partial charge < -0.3 is 20.3 Å². The summed E-state index contributed by atoms with van der Waals surface area (Å²) in [6, 6.07) is 3.97. The number of aliphatic hydroxyl groups excluding tert-OH is 1. The minimum absolute atomic E-state index is 0.163. The molecule has 3 N–H and O–H groups in total. The molecule has 0 spiro atoms. The molecule has 2 atom stereocenters. The molecule has 0 bridgehead atoms. The van der Waals surface area contributed by atoms with Crippen molar-refractivity contribution in [2.45, 2.75) is 72.7 Å². The Balaban J connectivity index is 1.96. The van der Waals surface area contributed by atoms with Crippen LogP contribution in [-0.2, 0) is 6.54 Å². The molecule has 3 rings (SSSR count). The van der Waals surface area contributed by atoms with E-state index in [-0.39, 0.29) is 17.5 Å². The van der Waals surface area contributed by atoms with Crippen LogP contribution in [0.3, 0.4) is 0 Å². The number of fused-ring (bicyclic) bond motifs is 1. The van der Waals surface area contributed by atoms with Gasteiger partial charge in [-0.3, -0.25) is 4.98 Å². The van der Waals surface area contributed by atoms with Gasteiger partial charge in [0, 0.05) is 25.0 Å². The predicted octanol–water partition coefficient (Wildman–Crippen LogP) is 4.01. The number of anilines is 2. The summed E-state index contributed by atoms with van der Waals surface area (Å²) in [7, 11) is 0. The first-order chi connectivity index (χ1) is 14.2. The van der Waals surface area contributed by atoms with Crippen molar-refractivity contribution >= 4 is 22.9 Å². The van der Waals surface area contributed by atoms with Gasteiger partial charge in [0.15, 0.2) is 17.0 Å². The molecule has 0 saturated carbocycles. The molecule has 2 unspecified atom stereocenters. The van der Waals surface area contributed by atoms with Crippen molar-refractivity contribution in [3.8, 4) is 0 Å². The normalized spacial score (nSPS) is 14.1. The van der Waals surface area contributed by atoms with E-state index in [0.717, 1.165) is 23.1 Å². The smallest absolute Gasteiger partial charge is 0.227 e. The SMILES string of the molecule is CCC(Nc1nc(NCc2cccnc2)c2ncn(C(C)C)c2n1)C(O)C(C)(C)C. The van der Waals surface area contributed by atoms with Gasteiger partial charge in [0.1, 0.15) is 0 Å². The Kier molecular flexibility index (Phi) is 6.55. The first kappa shape index (κ1) is 22.0. The van der Waals surface area contributed by atoms with E-state index < -0.39 is 6.10 Å². The van der Waals surface area contributed by atoms with E-state index in [2.05, 4.69) is 34.4 Å². The summed E-state index contributed by atoms with van der Waals surface area (Å²) in [6.45, 7) is 12.9. The summed E-state index contributed by atoms with van der Waals surface area (Å²) >= 11 is 0. The predicted molar refractivity (Wildman–Crippen MR) is 120 cm³/mol. The topological polar surface area (TPSA) is 101 Å². The van der Waals surface area contributed by atoms with E-state index in [0.29, 0.717) is 18.3 Å². The minimum Gasteiger partial charge on any atom is -0.390 e. The first-order valence-corrected chi connectivity index (χ1v) is 10.5. The number of pyridine rings is 1. The number of nitrogens with zero attached hydrogens (tertiary/aromatic N) is 5. The molecule has 8 heteroatoms. The largest absolute Gasteiger partial charge is 0.390 e. The maximum Gasteiger partial charge on any atom is 0.227 e. The third-order valence-electron chi connectivity index (χ3n) is 5.18. The number of imidazole rings is 1. The van der Waals surface area contributed by atoms with Gasteiger partial charge in [0.05, 0.1) is 18.5 Å². The lowest BCUT2D eigenvalue weighted by atomic mass is 9.84. The van der Waals surface area contributed by atoms with Crippen LogP contribution in [0.2, 0.25) is 0 Å². The minimum atomic E-state index is -0.538. The fraction of sp³-hybridized carbons (Fsp3) is 0.545. The number of nitrogens with one attached hydrogen (secondary N) is 2. The molecule has 0 amide bonds. The van der Waals surface area contributed by atoms with Crippen LogP contribution >= 0.6 is 0 Å². The Hall–Kier alpha value is -2.74. The van der Waals surface area contributed by atoms with Crippen LogP contribution in [0.25, 0.3) is 11.2 Å². The van der Waals surface area contributed by atoms with Gasteiger partial charge >= 0.3 is 0 Å². The van der Waals surface area contributed by atoms with Crippen molar-refractivity contribution in [1.29, 1.82) is 0 Å². The maximum atomic E-state index is 10.8. The number of hydrogen-bond donors (Lipinski definition) is 3. The molecular formula is C22H33N7O. The zero-order valence-corrected chi connectivity index (χ0v) is 18.7. The highest BCUT2D eigenvalue weighted by Crippen LogP contribution is 2.27. The average Bonchev–Trinajstić information content (AvgIpc) is 3.14. The van der Waals surface area contributed by atoms with Crippen LogP contribution in [-0.4, -0.2) is 41.8 Å². The Morgan fingerprint density at radius 3 is 2.57 bits per heavy atom. The van der Waals surface area contributed by atoms with Crippen molar-refractivity contribution in [3.05, 3.63) is 36.4 Å². The molecule has 3 aromatic rings. The van der Waals surface area contributed by atoms with E-state index in [9.17, 15) is 5.11 Å². The number of rotatable bonds is 8. The molecule has 0 aliphatic carbocycles. The highest BCUT2D eigenvalue weighted by molar-refractivity contribution is 5.84. The molecular weight excluding hydrogens is 378 g/mol. The lowest BCUT2D eigenvalue weighted by Crippen LogP contribution is -2.42. The maximum absolute atomic E-state index is 10.8. The zero-order valence-electron chi connectivity index (χ0n) is 18.7. The molecule has 162 valence electrons. The lowest BCUT2D eigenvalue weighted by molar-refractivity contribution is 0.0451. The molecule has 30 heavy (non-hydrogen) atoms. The van der Waals surface area contributed by atoms with Crippen molar-refractivity contribution in [2.24, 2.45) is 5.41 Å². The summed E-state index contributed by atoms with van der Waals surface area (Å²) in [4.78, 5) is 18.2. The average molecular weight is 412 g/mol. The second kappa shape index (κ2) is 8.95. The Morgan fingerprint density at radius 2 is 1.97 bits per heavy atom. The van der Waals surface area contributed by atoms with E-state index in [1.165, 1.54) is 0 Å². The van der Waals surface area contributed by atoms with Gasteiger partial charge in [-0.15, -0.1) is 0 Å². The molecule has 3 heterocycles. The van der Waals surface area contributed by atoms with Crippen molar-refractivity contribution in [1.82, 2.24) is 24.5 Å². The summed E-state index contributed by atoms with van der Waals surface area (Å²) in [5.41, 5.74) is 2.29. The Bertz CT molecular complexity index is 963. The van der Waals surface area contributed by atoms with Gasteiger partial charge in [-0.2, -0.15) is 9.97 Å². The number of aliphatic hydroxyl groups is 1. The fourth-order valence-corrected chi connectivity index (χ4v) is 3.34. The summed E-state index contributed by atoms with van der Waals surface area (Å²) in [5.74, 6) is 1.14. The molecule has 0 aromatic carbocycles. The van der Waals surface area contributed by atoms with E-state index in [1.54, 1.807) is 12.5 Å².